The van der Waals surface area contributed by atoms with E-state index in [4.69, 9.17) is 0 Å². The quantitative estimate of drug-likeness (QED) is 0.621. The Kier molecular flexibility index (Phi) is 3.19. The maximum absolute atomic E-state index is 11.7. The Hall–Kier alpha value is -0.860. The summed E-state index contributed by atoms with van der Waals surface area (Å²) in [6.45, 7) is 13.0. The van der Waals surface area contributed by atoms with Crippen LogP contribution in [0.2, 0.25) is 0 Å². The van der Waals surface area contributed by atoms with Gasteiger partial charge in [0.25, 0.3) is 5.91 Å². The molecule has 1 rings (SSSR count). The van der Waals surface area contributed by atoms with Crippen LogP contribution in [0.3, 0.4) is 0 Å². The van der Waals surface area contributed by atoms with Gasteiger partial charge in [0.2, 0.25) is 0 Å². The lowest BCUT2D eigenvalue weighted by Gasteiger charge is -2.47. The van der Waals surface area contributed by atoms with Crippen molar-refractivity contribution in [2.24, 2.45) is 15.8 Å². The van der Waals surface area contributed by atoms with Crippen molar-refractivity contribution in [1.29, 1.82) is 0 Å². The first-order valence-corrected chi connectivity index (χ1v) is 5.85. The number of nitrogens with zero attached hydrogens (tertiary/aromatic N) is 2. The highest BCUT2D eigenvalue weighted by Gasteiger charge is 2.44. The Morgan fingerprint density at radius 1 is 1.12 bits per heavy atom. The Morgan fingerprint density at radius 3 is 2.00 bits per heavy atom. The van der Waals surface area contributed by atoms with E-state index >= 15 is 0 Å². The van der Waals surface area contributed by atoms with Crippen LogP contribution in [-0.2, 0) is 4.79 Å². The molecular formula is C13H24N2O. The van der Waals surface area contributed by atoms with Gasteiger partial charge in [-0.15, -0.1) is 0 Å². The zero-order valence-corrected chi connectivity index (χ0v) is 11.5. The molecule has 0 aromatic rings. The molecule has 2 unspecified atom stereocenters. The fraction of sp³-hybridized carbons (Fsp3) is 0.846. The van der Waals surface area contributed by atoms with Crippen LogP contribution in [0.4, 0.5) is 0 Å². The standard InChI is InChI=1S/C13H24N2O/c1-12(2,3)10-11(13(4,5)6)15(7)9(16)8-14-10/h8,10-11H,1-7H3. The SMILES string of the molecule is CN1C(=O)C=NC(C(C)(C)C)C1C(C)(C)C. The number of likely N-dealkylation sites (N-methyl/N-ethyl adjacent to an activating group) is 1. The highest BCUT2D eigenvalue weighted by atomic mass is 16.2. The second-order valence-electron chi connectivity index (χ2n) is 6.85. The molecule has 0 saturated heterocycles. The summed E-state index contributed by atoms with van der Waals surface area (Å²) >= 11 is 0. The summed E-state index contributed by atoms with van der Waals surface area (Å²) in [5, 5.41) is 0. The van der Waals surface area contributed by atoms with Gasteiger partial charge < -0.3 is 4.90 Å². The van der Waals surface area contributed by atoms with Crippen molar-refractivity contribution in [3.63, 3.8) is 0 Å². The third kappa shape index (κ3) is 2.45. The maximum atomic E-state index is 11.7. The lowest BCUT2D eigenvalue weighted by molar-refractivity contribution is -0.129. The second kappa shape index (κ2) is 3.86. The van der Waals surface area contributed by atoms with E-state index in [1.165, 1.54) is 6.21 Å². The number of carbonyl (C=O) groups is 1. The second-order valence-corrected chi connectivity index (χ2v) is 6.85. The third-order valence-electron chi connectivity index (χ3n) is 3.18. The van der Waals surface area contributed by atoms with E-state index < -0.39 is 0 Å². The van der Waals surface area contributed by atoms with E-state index in [-0.39, 0.29) is 28.8 Å². The molecule has 0 radical (unpaired) electrons. The molecule has 0 saturated carbocycles. The van der Waals surface area contributed by atoms with Gasteiger partial charge in [-0.05, 0) is 10.8 Å². The number of hydrogen-bond donors (Lipinski definition) is 0. The predicted octanol–water partition coefficient (Wildman–Crippen LogP) is 2.36. The number of aliphatic imine (C=N–C) groups is 1. The highest BCUT2D eigenvalue weighted by Crippen LogP contribution is 2.37. The van der Waals surface area contributed by atoms with E-state index in [1.54, 1.807) is 0 Å². The van der Waals surface area contributed by atoms with Gasteiger partial charge in [-0.3, -0.25) is 9.79 Å². The van der Waals surface area contributed by atoms with Crippen molar-refractivity contribution in [1.82, 2.24) is 4.90 Å². The molecule has 0 aromatic heterocycles. The van der Waals surface area contributed by atoms with Crippen molar-refractivity contribution in [3.05, 3.63) is 0 Å². The molecule has 3 heteroatoms. The summed E-state index contributed by atoms with van der Waals surface area (Å²) in [6.07, 6.45) is 1.47. The summed E-state index contributed by atoms with van der Waals surface area (Å²) in [6, 6.07) is 0.320. The summed E-state index contributed by atoms with van der Waals surface area (Å²) in [7, 11) is 1.88. The van der Waals surface area contributed by atoms with Crippen LogP contribution < -0.4 is 0 Å². The van der Waals surface area contributed by atoms with Crippen LogP contribution in [0.1, 0.15) is 41.5 Å². The Morgan fingerprint density at radius 2 is 1.62 bits per heavy atom. The lowest BCUT2D eigenvalue weighted by Crippen LogP contribution is -2.58. The van der Waals surface area contributed by atoms with Crippen molar-refractivity contribution in [2.75, 3.05) is 7.05 Å². The molecule has 0 spiro atoms. The van der Waals surface area contributed by atoms with Crippen LogP contribution in [-0.4, -0.2) is 36.2 Å². The molecular weight excluding hydrogens is 200 g/mol. The topological polar surface area (TPSA) is 32.7 Å². The van der Waals surface area contributed by atoms with Gasteiger partial charge in [-0.1, -0.05) is 41.5 Å². The largest absolute Gasteiger partial charge is 0.335 e. The molecule has 1 heterocycles. The Labute approximate surface area is 98.9 Å². The van der Waals surface area contributed by atoms with Crippen molar-refractivity contribution < 1.29 is 4.79 Å². The van der Waals surface area contributed by atoms with Gasteiger partial charge in [0, 0.05) is 7.05 Å². The van der Waals surface area contributed by atoms with Gasteiger partial charge in [-0.2, -0.15) is 0 Å². The molecule has 16 heavy (non-hydrogen) atoms. The highest BCUT2D eigenvalue weighted by molar-refractivity contribution is 6.26. The van der Waals surface area contributed by atoms with Crippen LogP contribution in [0, 0.1) is 10.8 Å². The van der Waals surface area contributed by atoms with Gasteiger partial charge in [0.15, 0.2) is 0 Å². The Balaban J connectivity index is 3.16. The summed E-state index contributed by atoms with van der Waals surface area (Å²) in [5.74, 6) is 0.0143. The minimum absolute atomic E-state index is 0.0143. The molecule has 3 nitrogen and oxygen atoms in total. The average molecular weight is 224 g/mol. The predicted molar refractivity (Wildman–Crippen MR) is 67.7 cm³/mol. The van der Waals surface area contributed by atoms with E-state index in [2.05, 4.69) is 46.5 Å². The zero-order chi connectivity index (χ0) is 12.7. The molecule has 1 amide bonds. The number of hydrogen-bond acceptors (Lipinski definition) is 2. The Bertz CT molecular complexity index is 307. The number of rotatable bonds is 0. The minimum atomic E-state index is 0.0143. The zero-order valence-electron chi connectivity index (χ0n) is 11.5. The van der Waals surface area contributed by atoms with E-state index in [0.29, 0.717) is 0 Å². The van der Waals surface area contributed by atoms with Gasteiger partial charge in [0.05, 0.1) is 18.3 Å². The van der Waals surface area contributed by atoms with Gasteiger partial charge in [0.1, 0.15) is 0 Å². The fourth-order valence-corrected chi connectivity index (χ4v) is 2.42. The van der Waals surface area contributed by atoms with E-state index in [0.717, 1.165) is 0 Å². The first-order chi connectivity index (χ1) is 7.05. The van der Waals surface area contributed by atoms with E-state index in [1.807, 2.05) is 11.9 Å². The molecule has 1 aliphatic rings. The summed E-state index contributed by atoms with van der Waals surface area (Å²) < 4.78 is 0. The van der Waals surface area contributed by atoms with Crippen LogP contribution in [0.25, 0.3) is 0 Å². The molecule has 0 fully saturated rings. The van der Waals surface area contributed by atoms with Crippen molar-refractivity contribution >= 4 is 12.1 Å². The van der Waals surface area contributed by atoms with Crippen molar-refractivity contribution in [2.45, 2.75) is 53.6 Å². The van der Waals surface area contributed by atoms with Gasteiger partial charge in [-0.25, -0.2) is 0 Å². The molecule has 92 valence electrons. The number of carbonyl (C=O) groups excluding carboxylic acids is 1. The lowest BCUT2D eigenvalue weighted by atomic mass is 9.71. The normalized spacial score (nSPS) is 27.4. The van der Waals surface area contributed by atoms with Gasteiger partial charge >= 0.3 is 0 Å². The van der Waals surface area contributed by atoms with Crippen LogP contribution in [0.15, 0.2) is 4.99 Å². The first-order valence-electron chi connectivity index (χ1n) is 5.85. The first kappa shape index (κ1) is 13.2. The maximum Gasteiger partial charge on any atom is 0.264 e. The minimum Gasteiger partial charge on any atom is -0.335 e. The third-order valence-corrected chi connectivity index (χ3v) is 3.18. The molecule has 0 N–H and O–H groups in total. The fourth-order valence-electron chi connectivity index (χ4n) is 2.42. The molecule has 0 aliphatic carbocycles. The summed E-state index contributed by atoms with van der Waals surface area (Å²) in [4.78, 5) is 18.0. The van der Waals surface area contributed by atoms with Crippen LogP contribution in [0.5, 0.6) is 0 Å². The average Bonchev–Trinajstić information content (AvgIpc) is 2.05. The molecule has 0 bridgehead atoms. The van der Waals surface area contributed by atoms with Crippen molar-refractivity contribution in [3.8, 4) is 0 Å². The summed E-state index contributed by atoms with van der Waals surface area (Å²) in [5.41, 5.74) is 0.115. The number of amides is 1. The van der Waals surface area contributed by atoms with Crippen LogP contribution >= 0.6 is 0 Å². The molecule has 0 aromatic carbocycles. The monoisotopic (exact) mass is 224 g/mol. The molecule has 2 atom stereocenters. The van der Waals surface area contributed by atoms with E-state index in [9.17, 15) is 4.79 Å². The smallest absolute Gasteiger partial charge is 0.264 e. The molecule has 1 aliphatic heterocycles.